The molecule has 0 bridgehead atoms. The van der Waals surface area contributed by atoms with Crippen LogP contribution in [0.4, 0.5) is 5.69 Å². The van der Waals surface area contributed by atoms with Crippen molar-refractivity contribution in [3.63, 3.8) is 0 Å². The molecule has 2 aromatic heterocycles. The Morgan fingerprint density at radius 1 is 1.08 bits per heavy atom. The molecule has 1 aliphatic heterocycles. The van der Waals surface area contributed by atoms with Crippen molar-refractivity contribution < 1.29 is 0 Å². The third-order valence-corrected chi connectivity index (χ3v) is 5.09. The van der Waals surface area contributed by atoms with Gasteiger partial charge in [-0.25, -0.2) is 0 Å². The standard InChI is InChI=1S/C21H22N4S/c1-14-10-15(2)12-17(11-14)25-20(16-7-9-24(3)13-16)19(23-21(25)26)18-6-4-5-8-22-18/h4-13,19-20H,1-3H3,(H,23,26)/t19-,20-/m0/s1. The first kappa shape index (κ1) is 16.8. The van der Waals surface area contributed by atoms with Crippen molar-refractivity contribution in [2.45, 2.75) is 25.9 Å². The van der Waals surface area contributed by atoms with Gasteiger partial charge in [-0.3, -0.25) is 4.98 Å². The maximum atomic E-state index is 5.75. The Bertz CT molecular complexity index is 927. The topological polar surface area (TPSA) is 33.1 Å². The lowest BCUT2D eigenvalue weighted by atomic mass is 9.98. The van der Waals surface area contributed by atoms with Gasteiger partial charge in [0.2, 0.25) is 0 Å². The molecule has 2 atom stereocenters. The van der Waals surface area contributed by atoms with E-state index in [1.54, 1.807) is 0 Å². The highest BCUT2D eigenvalue weighted by molar-refractivity contribution is 7.80. The Hall–Kier alpha value is -2.66. The number of benzene rings is 1. The van der Waals surface area contributed by atoms with E-state index in [0.717, 1.165) is 16.5 Å². The lowest BCUT2D eigenvalue weighted by Gasteiger charge is -2.27. The van der Waals surface area contributed by atoms with E-state index in [2.05, 4.69) is 76.3 Å². The van der Waals surface area contributed by atoms with Gasteiger partial charge < -0.3 is 14.8 Å². The number of pyridine rings is 1. The van der Waals surface area contributed by atoms with Crippen molar-refractivity contribution in [2.24, 2.45) is 7.05 Å². The quantitative estimate of drug-likeness (QED) is 0.708. The average Bonchev–Trinajstić information content (AvgIpc) is 3.18. The van der Waals surface area contributed by atoms with E-state index in [4.69, 9.17) is 12.2 Å². The molecular weight excluding hydrogens is 340 g/mol. The van der Waals surface area contributed by atoms with E-state index in [1.807, 2.05) is 25.4 Å². The van der Waals surface area contributed by atoms with Gasteiger partial charge >= 0.3 is 0 Å². The van der Waals surface area contributed by atoms with Crippen LogP contribution in [0.1, 0.15) is 34.5 Å². The maximum Gasteiger partial charge on any atom is 0.174 e. The van der Waals surface area contributed by atoms with Gasteiger partial charge in [0.1, 0.15) is 0 Å². The Balaban J connectivity index is 1.85. The summed E-state index contributed by atoms with van der Waals surface area (Å²) in [4.78, 5) is 6.81. The van der Waals surface area contributed by atoms with E-state index >= 15 is 0 Å². The highest BCUT2D eigenvalue weighted by atomic mass is 32.1. The Morgan fingerprint density at radius 3 is 2.46 bits per heavy atom. The van der Waals surface area contributed by atoms with Gasteiger partial charge in [0.05, 0.1) is 17.8 Å². The molecule has 1 saturated heterocycles. The molecule has 0 radical (unpaired) electrons. The van der Waals surface area contributed by atoms with Crippen molar-refractivity contribution in [1.29, 1.82) is 0 Å². The smallest absolute Gasteiger partial charge is 0.174 e. The van der Waals surface area contributed by atoms with Crippen molar-refractivity contribution in [3.8, 4) is 0 Å². The molecule has 1 aliphatic rings. The van der Waals surface area contributed by atoms with Crippen LogP contribution in [0.2, 0.25) is 0 Å². The molecule has 0 unspecified atom stereocenters. The van der Waals surface area contributed by atoms with E-state index in [9.17, 15) is 0 Å². The van der Waals surface area contributed by atoms with Crippen molar-refractivity contribution >= 4 is 23.0 Å². The lowest BCUT2D eigenvalue weighted by molar-refractivity contribution is 0.567. The molecule has 1 aromatic carbocycles. The van der Waals surface area contributed by atoms with Gasteiger partial charge in [-0.05, 0) is 73.1 Å². The zero-order chi connectivity index (χ0) is 18.3. The first-order valence-corrected chi connectivity index (χ1v) is 9.14. The maximum absolute atomic E-state index is 5.75. The van der Waals surface area contributed by atoms with Gasteiger partial charge in [-0.1, -0.05) is 12.1 Å². The summed E-state index contributed by atoms with van der Waals surface area (Å²) in [5.41, 5.74) is 5.80. The fourth-order valence-corrected chi connectivity index (χ4v) is 4.11. The number of aryl methyl sites for hydroxylation is 3. The lowest BCUT2D eigenvalue weighted by Crippen LogP contribution is -2.29. The summed E-state index contributed by atoms with van der Waals surface area (Å²) in [5.74, 6) is 0. The summed E-state index contributed by atoms with van der Waals surface area (Å²) in [5, 5.41) is 4.24. The number of hydrogen-bond donors (Lipinski definition) is 1. The highest BCUT2D eigenvalue weighted by Gasteiger charge is 2.41. The van der Waals surface area contributed by atoms with Crippen LogP contribution in [-0.4, -0.2) is 14.7 Å². The number of rotatable bonds is 3. The molecule has 4 nitrogen and oxygen atoms in total. The Kier molecular flexibility index (Phi) is 4.24. The summed E-state index contributed by atoms with van der Waals surface area (Å²) < 4.78 is 2.08. The monoisotopic (exact) mass is 362 g/mol. The van der Waals surface area contributed by atoms with Gasteiger partial charge in [0, 0.05) is 31.3 Å². The first-order chi connectivity index (χ1) is 12.5. The minimum Gasteiger partial charge on any atom is -0.357 e. The minimum atomic E-state index is 0.00641. The number of anilines is 1. The van der Waals surface area contributed by atoms with Gasteiger partial charge in [-0.15, -0.1) is 0 Å². The third kappa shape index (κ3) is 2.99. The summed E-state index contributed by atoms with van der Waals surface area (Å²) in [7, 11) is 2.04. The first-order valence-electron chi connectivity index (χ1n) is 8.74. The van der Waals surface area contributed by atoms with Crippen LogP contribution in [0, 0.1) is 13.8 Å². The Labute approximate surface area is 159 Å². The van der Waals surface area contributed by atoms with E-state index < -0.39 is 0 Å². The zero-order valence-electron chi connectivity index (χ0n) is 15.2. The molecule has 0 spiro atoms. The fraction of sp³-hybridized carbons (Fsp3) is 0.238. The number of hydrogen-bond acceptors (Lipinski definition) is 2. The molecule has 1 fully saturated rings. The van der Waals surface area contributed by atoms with Crippen molar-refractivity contribution in [3.05, 3.63) is 83.4 Å². The van der Waals surface area contributed by atoms with Gasteiger partial charge in [0.15, 0.2) is 5.11 Å². The predicted octanol–water partition coefficient (Wildman–Crippen LogP) is 4.21. The van der Waals surface area contributed by atoms with Crippen LogP contribution >= 0.6 is 12.2 Å². The van der Waals surface area contributed by atoms with E-state index in [1.165, 1.54) is 16.7 Å². The van der Waals surface area contributed by atoms with Crippen LogP contribution in [0.25, 0.3) is 0 Å². The minimum absolute atomic E-state index is 0.00641. The second-order valence-corrected chi connectivity index (χ2v) is 7.34. The molecule has 132 valence electrons. The summed E-state index contributed by atoms with van der Waals surface area (Å²) in [6.07, 6.45) is 6.07. The van der Waals surface area contributed by atoms with Crippen LogP contribution in [-0.2, 0) is 7.05 Å². The van der Waals surface area contributed by atoms with Crippen LogP contribution in [0.5, 0.6) is 0 Å². The molecular formula is C21H22N4S. The zero-order valence-corrected chi connectivity index (χ0v) is 16.0. The summed E-state index contributed by atoms with van der Waals surface area (Å²) in [6, 6.07) is 14.8. The molecule has 3 heterocycles. The number of aromatic nitrogens is 2. The number of thiocarbonyl (C=S) groups is 1. The van der Waals surface area contributed by atoms with Gasteiger partial charge in [0.25, 0.3) is 0 Å². The second kappa shape index (κ2) is 6.57. The Morgan fingerprint density at radius 2 is 1.85 bits per heavy atom. The molecule has 1 N–H and O–H groups in total. The van der Waals surface area contributed by atoms with Crippen LogP contribution in [0.3, 0.4) is 0 Å². The largest absolute Gasteiger partial charge is 0.357 e. The van der Waals surface area contributed by atoms with Crippen LogP contribution in [0.15, 0.2) is 61.1 Å². The molecule has 0 aliphatic carbocycles. The van der Waals surface area contributed by atoms with Crippen LogP contribution < -0.4 is 10.2 Å². The molecule has 5 heteroatoms. The predicted molar refractivity (Wildman–Crippen MR) is 109 cm³/mol. The van der Waals surface area contributed by atoms with Gasteiger partial charge in [-0.2, -0.15) is 0 Å². The molecule has 3 aromatic rings. The number of nitrogens with zero attached hydrogens (tertiary/aromatic N) is 3. The highest BCUT2D eigenvalue weighted by Crippen LogP contribution is 2.41. The average molecular weight is 363 g/mol. The van der Waals surface area contributed by atoms with E-state index in [-0.39, 0.29) is 12.1 Å². The van der Waals surface area contributed by atoms with Crippen molar-refractivity contribution in [2.75, 3.05) is 4.90 Å². The SMILES string of the molecule is Cc1cc(C)cc(N2C(=S)N[C@@H](c3ccccn3)[C@@H]2c2ccn(C)c2)c1. The summed E-state index contributed by atoms with van der Waals surface area (Å²) >= 11 is 5.75. The molecule has 26 heavy (non-hydrogen) atoms. The molecule has 4 rings (SSSR count). The summed E-state index contributed by atoms with van der Waals surface area (Å²) in [6.45, 7) is 4.24. The molecule has 0 amide bonds. The van der Waals surface area contributed by atoms with E-state index in [0.29, 0.717) is 0 Å². The second-order valence-electron chi connectivity index (χ2n) is 6.95. The van der Waals surface area contributed by atoms with Crippen molar-refractivity contribution in [1.82, 2.24) is 14.9 Å². The third-order valence-electron chi connectivity index (χ3n) is 4.78. The fourth-order valence-electron chi connectivity index (χ4n) is 3.76. The normalized spacial score (nSPS) is 19.7. The number of nitrogens with one attached hydrogen (secondary N) is 1. The molecule has 0 saturated carbocycles.